The molecule has 0 aromatic rings. The van der Waals surface area contributed by atoms with Gasteiger partial charge in [0.25, 0.3) is 0 Å². The fourth-order valence-electron chi connectivity index (χ4n) is 1.86. The predicted molar refractivity (Wildman–Crippen MR) is 57.6 cm³/mol. The van der Waals surface area contributed by atoms with E-state index in [9.17, 15) is 18.0 Å². The van der Waals surface area contributed by atoms with Crippen molar-refractivity contribution >= 4 is 6.03 Å². The van der Waals surface area contributed by atoms with E-state index in [1.54, 1.807) is 5.32 Å². The average molecular weight is 253 g/mol. The molecule has 0 bridgehead atoms. The van der Waals surface area contributed by atoms with Crippen molar-refractivity contribution in [2.75, 3.05) is 19.6 Å². The number of amides is 2. The third-order valence-corrected chi connectivity index (χ3v) is 2.85. The number of alkyl halides is 3. The Morgan fingerprint density at radius 3 is 2.76 bits per heavy atom. The number of hydrogen-bond donors (Lipinski definition) is 3. The highest BCUT2D eigenvalue weighted by Crippen LogP contribution is 2.14. The van der Waals surface area contributed by atoms with Gasteiger partial charge in [0.05, 0.1) is 0 Å². The number of hydrogen-bond acceptors (Lipinski definition) is 2. The van der Waals surface area contributed by atoms with Crippen LogP contribution in [0.1, 0.15) is 19.8 Å². The summed E-state index contributed by atoms with van der Waals surface area (Å²) in [4.78, 5) is 11.2. The number of rotatable bonds is 3. The zero-order valence-electron chi connectivity index (χ0n) is 9.73. The monoisotopic (exact) mass is 253 g/mol. The molecule has 4 nitrogen and oxygen atoms in total. The maximum Gasteiger partial charge on any atom is 0.405 e. The molecule has 1 saturated heterocycles. The van der Waals surface area contributed by atoms with E-state index in [1.165, 1.54) is 0 Å². The molecule has 7 heteroatoms. The Hall–Kier alpha value is -0.980. The van der Waals surface area contributed by atoms with Gasteiger partial charge in [-0.05, 0) is 38.8 Å². The zero-order valence-corrected chi connectivity index (χ0v) is 9.73. The Labute approximate surface area is 98.3 Å². The highest BCUT2D eigenvalue weighted by Gasteiger charge is 2.28. The van der Waals surface area contributed by atoms with E-state index in [0.29, 0.717) is 0 Å². The lowest BCUT2D eigenvalue weighted by molar-refractivity contribution is -0.122. The van der Waals surface area contributed by atoms with Gasteiger partial charge in [-0.1, -0.05) is 0 Å². The molecule has 1 aliphatic heterocycles. The van der Waals surface area contributed by atoms with Gasteiger partial charge in [-0.3, -0.25) is 0 Å². The Morgan fingerprint density at radius 2 is 2.24 bits per heavy atom. The van der Waals surface area contributed by atoms with Crippen molar-refractivity contribution in [1.29, 1.82) is 0 Å². The third kappa shape index (κ3) is 5.76. The molecule has 2 amide bonds. The lowest BCUT2D eigenvalue weighted by atomic mass is 9.93. The first-order valence-electron chi connectivity index (χ1n) is 5.70. The van der Waals surface area contributed by atoms with Crippen LogP contribution >= 0.6 is 0 Å². The molecule has 1 heterocycles. The summed E-state index contributed by atoms with van der Waals surface area (Å²) >= 11 is 0. The summed E-state index contributed by atoms with van der Waals surface area (Å²) < 4.78 is 35.6. The van der Waals surface area contributed by atoms with Crippen LogP contribution in [0, 0.1) is 5.92 Å². The van der Waals surface area contributed by atoms with Crippen molar-refractivity contribution in [2.24, 2.45) is 5.92 Å². The van der Waals surface area contributed by atoms with E-state index in [2.05, 4.69) is 10.6 Å². The lowest BCUT2D eigenvalue weighted by Gasteiger charge is -2.29. The summed E-state index contributed by atoms with van der Waals surface area (Å²) in [6.07, 6.45) is -2.36. The molecule has 0 aliphatic carbocycles. The second-order valence-corrected chi connectivity index (χ2v) is 4.34. The van der Waals surface area contributed by atoms with Crippen molar-refractivity contribution in [3.8, 4) is 0 Å². The minimum absolute atomic E-state index is 0.129. The molecule has 1 aliphatic rings. The molecule has 0 aromatic heterocycles. The first kappa shape index (κ1) is 14.1. The Balaban J connectivity index is 2.25. The molecule has 17 heavy (non-hydrogen) atoms. The van der Waals surface area contributed by atoms with Crippen LogP contribution in [0.2, 0.25) is 0 Å². The Morgan fingerprint density at radius 1 is 1.53 bits per heavy atom. The molecular weight excluding hydrogens is 235 g/mol. The number of urea groups is 1. The number of halogens is 3. The molecule has 2 unspecified atom stereocenters. The van der Waals surface area contributed by atoms with Gasteiger partial charge in [0.2, 0.25) is 0 Å². The van der Waals surface area contributed by atoms with Crippen LogP contribution in [0.15, 0.2) is 0 Å². The van der Waals surface area contributed by atoms with Crippen LogP contribution in [0.25, 0.3) is 0 Å². The van der Waals surface area contributed by atoms with Crippen LogP contribution < -0.4 is 16.0 Å². The molecule has 0 aromatic carbocycles. The maximum absolute atomic E-state index is 11.9. The van der Waals surface area contributed by atoms with E-state index in [-0.39, 0.29) is 12.0 Å². The average Bonchev–Trinajstić information content (AvgIpc) is 2.27. The summed E-state index contributed by atoms with van der Waals surface area (Å²) in [7, 11) is 0. The first-order valence-corrected chi connectivity index (χ1v) is 5.70. The SMILES string of the molecule is CC(NC(=O)NCC(F)(F)F)C1CCCNC1. The van der Waals surface area contributed by atoms with Gasteiger partial charge >= 0.3 is 12.2 Å². The van der Waals surface area contributed by atoms with Gasteiger partial charge in [0.1, 0.15) is 6.54 Å². The van der Waals surface area contributed by atoms with Gasteiger partial charge in [0, 0.05) is 6.04 Å². The summed E-state index contributed by atoms with van der Waals surface area (Å²) in [5.41, 5.74) is 0. The Bertz CT molecular complexity index is 252. The fourth-order valence-corrected chi connectivity index (χ4v) is 1.86. The molecule has 1 rings (SSSR count). The van der Waals surface area contributed by atoms with Crippen molar-refractivity contribution in [2.45, 2.75) is 32.0 Å². The van der Waals surface area contributed by atoms with Crippen molar-refractivity contribution in [3.05, 3.63) is 0 Å². The molecule has 0 saturated carbocycles. The fraction of sp³-hybridized carbons (Fsp3) is 0.900. The highest BCUT2D eigenvalue weighted by atomic mass is 19.4. The van der Waals surface area contributed by atoms with Gasteiger partial charge < -0.3 is 16.0 Å². The third-order valence-electron chi connectivity index (χ3n) is 2.85. The molecule has 0 radical (unpaired) electrons. The van der Waals surface area contributed by atoms with Gasteiger partial charge in [-0.25, -0.2) is 4.79 Å². The van der Waals surface area contributed by atoms with Crippen LogP contribution in [-0.4, -0.2) is 37.9 Å². The van der Waals surface area contributed by atoms with Gasteiger partial charge in [0.15, 0.2) is 0 Å². The standard InChI is InChI=1S/C10H18F3N3O/c1-7(8-3-2-4-14-5-8)16-9(17)15-6-10(11,12)13/h7-8,14H,2-6H2,1H3,(H2,15,16,17). The van der Waals surface area contributed by atoms with Crippen molar-refractivity contribution in [1.82, 2.24) is 16.0 Å². The van der Waals surface area contributed by atoms with Crippen LogP contribution in [0.5, 0.6) is 0 Å². The minimum Gasteiger partial charge on any atom is -0.335 e. The van der Waals surface area contributed by atoms with E-state index in [1.807, 2.05) is 6.92 Å². The lowest BCUT2D eigenvalue weighted by Crippen LogP contribution is -2.49. The molecule has 2 atom stereocenters. The van der Waals surface area contributed by atoms with Crippen LogP contribution in [0.3, 0.4) is 0 Å². The quantitative estimate of drug-likeness (QED) is 0.708. The molecule has 100 valence electrons. The zero-order chi connectivity index (χ0) is 12.9. The van der Waals surface area contributed by atoms with Crippen molar-refractivity contribution < 1.29 is 18.0 Å². The van der Waals surface area contributed by atoms with Crippen LogP contribution in [0.4, 0.5) is 18.0 Å². The van der Waals surface area contributed by atoms with E-state index in [4.69, 9.17) is 0 Å². The second kappa shape index (κ2) is 6.09. The predicted octanol–water partition coefficient (Wildman–Crippen LogP) is 1.24. The summed E-state index contributed by atoms with van der Waals surface area (Å²) in [5, 5.41) is 7.52. The molecule has 1 fully saturated rings. The van der Waals surface area contributed by atoms with E-state index >= 15 is 0 Å². The Kier molecular flexibility index (Phi) is 5.04. The highest BCUT2D eigenvalue weighted by molar-refractivity contribution is 5.74. The number of nitrogens with one attached hydrogen (secondary N) is 3. The summed E-state index contributed by atoms with van der Waals surface area (Å²) in [6, 6.07) is -0.892. The van der Waals surface area contributed by atoms with E-state index in [0.717, 1.165) is 25.9 Å². The van der Waals surface area contributed by atoms with Crippen molar-refractivity contribution in [3.63, 3.8) is 0 Å². The second-order valence-electron chi connectivity index (χ2n) is 4.34. The maximum atomic E-state index is 11.9. The molecular formula is C10H18F3N3O. The normalized spacial score (nSPS) is 22.9. The van der Waals surface area contributed by atoms with Gasteiger partial charge in [-0.2, -0.15) is 13.2 Å². The van der Waals surface area contributed by atoms with Gasteiger partial charge in [-0.15, -0.1) is 0 Å². The molecule has 0 spiro atoms. The minimum atomic E-state index is -4.37. The van der Waals surface area contributed by atoms with Crippen LogP contribution in [-0.2, 0) is 0 Å². The summed E-state index contributed by atoms with van der Waals surface area (Å²) in [5.74, 6) is 0.278. The smallest absolute Gasteiger partial charge is 0.335 e. The first-order chi connectivity index (χ1) is 7.88. The molecule has 3 N–H and O–H groups in total. The number of carbonyl (C=O) groups is 1. The topological polar surface area (TPSA) is 53.2 Å². The summed E-state index contributed by atoms with van der Waals surface area (Å²) in [6.45, 7) is 2.27. The van der Waals surface area contributed by atoms with E-state index < -0.39 is 18.8 Å². The number of piperidine rings is 1. The largest absolute Gasteiger partial charge is 0.405 e. The number of carbonyl (C=O) groups excluding carboxylic acids is 1.